The highest BCUT2D eigenvalue weighted by atomic mass is 16.7. The summed E-state index contributed by atoms with van der Waals surface area (Å²) in [6.45, 7) is 0. The Bertz CT molecular complexity index is 853. The van der Waals surface area contributed by atoms with Crippen molar-refractivity contribution in [1.82, 2.24) is 9.97 Å². The average molecular weight is 308 g/mol. The van der Waals surface area contributed by atoms with Crippen LogP contribution in [0.15, 0.2) is 60.7 Å². The Morgan fingerprint density at radius 3 is 2.30 bits per heavy atom. The van der Waals surface area contributed by atoms with Crippen LogP contribution in [0.4, 0.5) is 5.95 Å². The molecule has 0 saturated heterocycles. The predicted octanol–water partition coefficient (Wildman–Crippen LogP) is 3.12. The molecule has 0 bridgehead atoms. The molecule has 2 aromatic carbocycles. The van der Waals surface area contributed by atoms with Gasteiger partial charge in [0.25, 0.3) is 5.95 Å². The lowest BCUT2D eigenvalue weighted by Gasteiger charge is -2.08. The van der Waals surface area contributed by atoms with E-state index in [1.54, 1.807) is 24.3 Å². The second-order valence-electron chi connectivity index (χ2n) is 4.71. The van der Waals surface area contributed by atoms with Gasteiger partial charge in [-0.1, -0.05) is 47.9 Å². The largest absolute Gasteiger partial charge is 0.507 e. The summed E-state index contributed by atoms with van der Waals surface area (Å²) < 4.78 is 0. The van der Waals surface area contributed by atoms with Gasteiger partial charge >= 0.3 is 0 Å². The summed E-state index contributed by atoms with van der Waals surface area (Å²) in [4.78, 5) is 19.0. The minimum atomic E-state index is -0.723. The van der Waals surface area contributed by atoms with E-state index < -0.39 is 5.03 Å². The number of hydrogen-bond acceptors (Lipinski definition) is 5. The molecule has 3 aromatic rings. The third kappa shape index (κ3) is 3.24. The average Bonchev–Trinajstić information content (AvgIpc) is 2.55. The van der Waals surface area contributed by atoms with Crippen LogP contribution < -0.4 is 5.43 Å². The van der Waals surface area contributed by atoms with Crippen molar-refractivity contribution in [1.29, 1.82) is 0 Å². The van der Waals surface area contributed by atoms with E-state index in [1.807, 2.05) is 35.8 Å². The summed E-state index contributed by atoms with van der Waals surface area (Å²) in [5, 5.41) is 20.0. The van der Waals surface area contributed by atoms with Gasteiger partial charge in [0.05, 0.1) is 11.4 Å². The molecule has 0 aliphatic heterocycles. The molecule has 1 aromatic heterocycles. The number of rotatable bonds is 4. The highest BCUT2D eigenvalue weighted by molar-refractivity contribution is 5.72. The fraction of sp³-hybridized carbons (Fsp3) is 0. The van der Waals surface area contributed by atoms with Crippen molar-refractivity contribution in [3.8, 4) is 28.3 Å². The lowest BCUT2D eigenvalue weighted by molar-refractivity contribution is -0.446. The van der Waals surface area contributed by atoms with Crippen LogP contribution in [0.5, 0.6) is 5.75 Å². The van der Waals surface area contributed by atoms with E-state index in [0.29, 0.717) is 17.0 Å². The van der Waals surface area contributed by atoms with Crippen LogP contribution in [0.3, 0.4) is 0 Å². The van der Waals surface area contributed by atoms with Gasteiger partial charge in [-0.15, -0.1) is 0 Å². The molecule has 2 N–H and O–H groups in total. The first-order valence-corrected chi connectivity index (χ1v) is 6.77. The van der Waals surface area contributed by atoms with Gasteiger partial charge in [0.1, 0.15) is 5.75 Å². The molecule has 0 aliphatic rings. The molecule has 0 unspecified atom stereocenters. The molecule has 114 valence electrons. The van der Waals surface area contributed by atoms with E-state index in [2.05, 4.69) is 9.97 Å². The Hall–Kier alpha value is -3.48. The van der Waals surface area contributed by atoms with Gasteiger partial charge in [-0.2, -0.15) is 0 Å². The topological polar surface area (TPSA) is 101 Å². The number of para-hydroxylation sites is 1. The van der Waals surface area contributed by atoms with Crippen molar-refractivity contribution >= 4 is 5.95 Å². The summed E-state index contributed by atoms with van der Waals surface area (Å²) in [5.74, 6) is -0.105. The van der Waals surface area contributed by atoms with E-state index in [4.69, 9.17) is 0 Å². The molecular formula is C16H12N4O3. The predicted molar refractivity (Wildman–Crippen MR) is 85.2 cm³/mol. The molecule has 0 fully saturated rings. The fourth-order valence-corrected chi connectivity index (χ4v) is 2.16. The highest BCUT2D eigenvalue weighted by Gasteiger charge is 2.13. The maximum atomic E-state index is 10.7. The number of phenols is 1. The van der Waals surface area contributed by atoms with Crippen molar-refractivity contribution in [3.05, 3.63) is 70.8 Å². The quantitative estimate of drug-likeness (QED) is 0.567. The summed E-state index contributed by atoms with van der Waals surface area (Å²) in [6.07, 6.45) is 0. The lowest BCUT2D eigenvalue weighted by Crippen LogP contribution is -2.11. The standard InChI is InChI=1S/C16H12N4O3/c21-15-9-5-4-8-12(15)14-10-13(11-6-2-1-3-7-11)17-16(18-14)19-20(22)23/h1-10,21H,(H,17,18,19). The lowest BCUT2D eigenvalue weighted by atomic mass is 10.1. The number of nitrogens with zero attached hydrogens (tertiary/aromatic N) is 3. The maximum absolute atomic E-state index is 10.7. The Labute approximate surface area is 131 Å². The summed E-state index contributed by atoms with van der Waals surface area (Å²) in [5.41, 5.74) is 4.13. The number of aromatic nitrogens is 2. The zero-order chi connectivity index (χ0) is 16.2. The van der Waals surface area contributed by atoms with Gasteiger partial charge < -0.3 is 5.11 Å². The molecule has 1 heterocycles. The Morgan fingerprint density at radius 2 is 1.61 bits per heavy atom. The smallest absolute Gasteiger partial charge is 0.286 e. The fourth-order valence-electron chi connectivity index (χ4n) is 2.16. The van der Waals surface area contributed by atoms with Crippen molar-refractivity contribution in [2.75, 3.05) is 5.43 Å². The monoisotopic (exact) mass is 308 g/mol. The third-order valence-corrected chi connectivity index (χ3v) is 3.17. The number of phenolic OH excluding ortho intramolecular Hbond substituents is 1. The van der Waals surface area contributed by atoms with E-state index in [1.165, 1.54) is 6.07 Å². The maximum Gasteiger partial charge on any atom is 0.286 e. The van der Waals surface area contributed by atoms with Gasteiger partial charge in [0.15, 0.2) is 5.03 Å². The first-order chi connectivity index (χ1) is 11.1. The number of nitrogens with one attached hydrogen (secondary N) is 1. The number of hydrogen-bond donors (Lipinski definition) is 2. The van der Waals surface area contributed by atoms with Crippen molar-refractivity contribution in [2.45, 2.75) is 0 Å². The molecule has 23 heavy (non-hydrogen) atoms. The molecule has 0 amide bonds. The van der Waals surface area contributed by atoms with E-state index in [-0.39, 0.29) is 11.7 Å². The molecule has 0 spiro atoms. The van der Waals surface area contributed by atoms with Gasteiger partial charge in [-0.05, 0) is 18.2 Å². The molecule has 0 atom stereocenters. The van der Waals surface area contributed by atoms with Gasteiger partial charge in [-0.3, -0.25) is 0 Å². The molecular weight excluding hydrogens is 296 g/mol. The van der Waals surface area contributed by atoms with Crippen LogP contribution in [0.1, 0.15) is 0 Å². The molecule has 3 rings (SSSR count). The second kappa shape index (κ2) is 6.10. The van der Waals surface area contributed by atoms with Crippen LogP contribution in [-0.4, -0.2) is 20.1 Å². The second-order valence-corrected chi connectivity index (χ2v) is 4.71. The molecule has 0 aliphatic carbocycles. The van der Waals surface area contributed by atoms with Crippen LogP contribution in [-0.2, 0) is 0 Å². The molecule has 7 heteroatoms. The zero-order valence-electron chi connectivity index (χ0n) is 11.9. The van der Waals surface area contributed by atoms with Crippen LogP contribution >= 0.6 is 0 Å². The number of benzene rings is 2. The summed E-state index contributed by atoms with van der Waals surface area (Å²) >= 11 is 0. The van der Waals surface area contributed by atoms with E-state index >= 15 is 0 Å². The Morgan fingerprint density at radius 1 is 0.957 bits per heavy atom. The number of anilines is 1. The van der Waals surface area contributed by atoms with E-state index in [0.717, 1.165) is 5.56 Å². The van der Waals surface area contributed by atoms with Crippen LogP contribution in [0, 0.1) is 10.1 Å². The van der Waals surface area contributed by atoms with Crippen molar-refractivity contribution < 1.29 is 10.1 Å². The Balaban J connectivity index is 2.16. The summed E-state index contributed by atoms with van der Waals surface area (Å²) in [7, 11) is 0. The molecule has 7 nitrogen and oxygen atoms in total. The highest BCUT2D eigenvalue weighted by Crippen LogP contribution is 2.30. The third-order valence-electron chi connectivity index (χ3n) is 3.17. The minimum absolute atomic E-state index is 0.0391. The normalized spacial score (nSPS) is 10.3. The van der Waals surface area contributed by atoms with Gasteiger partial charge in [0.2, 0.25) is 0 Å². The summed E-state index contributed by atoms with van der Waals surface area (Å²) in [6, 6.07) is 17.6. The molecule has 0 saturated carbocycles. The number of aromatic hydroxyl groups is 1. The van der Waals surface area contributed by atoms with Gasteiger partial charge in [0, 0.05) is 11.1 Å². The first kappa shape index (κ1) is 14.5. The first-order valence-electron chi connectivity index (χ1n) is 6.77. The van der Waals surface area contributed by atoms with Crippen LogP contribution in [0.2, 0.25) is 0 Å². The van der Waals surface area contributed by atoms with Crippen molar-refractivity contribution in [3.63, 3.8) is 0 Å². The zero-order valence-corrected chi connectivity index (χ0v) is 11.9. The van der Waals surface area contributed by atoms with E-state index in [9.17, 15) is 15.2 Å². The minimum Gasteiger partial charge on any atom is -0.507 e. The number of hydrazine groups is 1. The molecule has 0 radical (unpaired) electrons. The van der Waals surface area contributed by atoms with Crippen molar-refractivity contribution in [2.24, 2.45) is 0 Å². The van der Waals surface area contributed by atoms with Gasteiger partial charge in [-0.25, -0.2) is 20.1 Å². The number of nitro groups is 1. The SMILES string of the molecule is O=[N+]([O-])Nc1nc(-c2ccccc2)cc(-c2ccccc2O)n1. The van der Waals surface area contributed by atoms with Crippen LogP contribution in [0.25, 0.3) is 22.5 Å². The Kier molecular flexibility index (Phi) is 3.84.